The van der Waals surface area contributed by atoms with Crippen molar-refractivity contribution in [2.24, 2.45) is 5.73 Å². The summed E-state index contributed by atoms with van der Waals surface area (Å²) in [7, 11) is 1.60. The van der Waals surface area contributed by atoms with E-state index in [2.05, 4.69) is 15.0 Å². The molecular weight excluding hydrogens is 204 g/mol. The maximum Gasteiger partial charge on any atom is 0.215 e. The van der Waals surface area contributed by atoms with Gasteiger partial charge >= 0.3 is 0 Å². The molecule has 3 N–H and O–H groups in total. The van der Waals surface area contributed by atoms with Crippen LogP contribution in [0.2, 0.25) is 0 Å². The Morgan fingerprint density at radius 1 is 1.38 bits per heavy atom. The second-order valence-corrected chi connectivity index (χ2v) is 4.32. The monoisotopic (exact) mass is 218 g/mol. The third kappa shape index (κ3) is 1.28. The van der Waals surface area contributed by atoms with Crippen LogP contribution in [-0.4, -0.2) is 22.1 Å². The molecule has 0 aliphatic heterocycles. The molecule has 0 atom stereocenters. The van der Waals surface area contributed by atoms with Gasteiger partial charge in [0.05, 0.1) is 18.2 Å². The number of H-pyrrole nitrogens is 1. The summed E-state index contributed by atoms with van der Waals surface area (Å²) in [5, 5.41) is 0. The van der Waals surface area contributed by atoms with E-state index < -0.39 is 0 Å². The van der Waals surface area contributed by atoms with Crippen LogP contribution >= 0.6 is 0 Å². The van der Waals surface area contributed by atoms with Crippen molar-refractivity contribution in [2.75, 3.05) is 7.11 Å². The number of methoxy groups -OCH3 is 1. The number of imidazole rings is 1. The van der Waals surface area contributed by atoms with Crippen molar-refractivity contribution in [3.63, 3.8) is 0 Å². The van der Waals surface area contributed by atoms with Gasteiger partial charge < -0.3 is 15.5 Å². The van der Waals surface area contributed by atoms with Gasteiger partial charge in [-0.3, -0.25) is 0 Å². The summed E-state index contributed by atoms with van der Waals surface area (Å²) in [5.41, 5.74) is 7.52. The lowest BCUT2D eigenvalue weighted by molar-refractivity contribution is 0.240. The molecule has 1 aliphatic rings. The predicted molar refractivity (Wildman–Crippen MR) is 60.2 cm³/mol. The average molecular weight is 218 g/mol. The van der Waals surface area contributed by atoms with Gasteiger partial charge in [0, 0.05) is 6.07 Å². The molecule has 0 amide bonds. The van der Waals surface area contributed by atoms with Crippen molar-refractivity contribution in [1.82, 2.24) is 15.0 Å². The number of aromatic amines is 1. The van der Waals surface area contributed by atoms with E-state index in [1.54, 1.807) is 7.11 Å². The van der Waals surface area contributed by atoms with Crippen LogP contribution in [0.5, 0.6) is 5.88 Å². The fourth-order valence-electron chi connectivity index (χ4n) is 2.02. The fourth-order valence-corrected chi connectivity index (χ4v) is 2.02. The molecule has 1 aliphatic carbocycles. The maximum atomic E-state index is 6.21. The minimum Gasteiger partial charge on any atom is -0.481 e. The number of hydrogen-bond donors (Lipinski definition) is 2. The van der Waals surface area contributed by atoms with Crippen molar-refractivity contribution in [3.8, 4) is 5.88 Å². The Balaban J connectivity index is 2.08. The zero-order valence-electron chi connectivity index (χ0n) is 9.16. The molecule has 0 unspecified atom stereocenters. The van der Waals surface area contributed by atoms with Gasteiger partial charge in [0.15, 0.2) is 5.65 Å². The standard InChI is InChI=1S/C11H14N4O/c1-16-8-4-3-7-9(14-8)15-10(13-7)11(12)5-2-6-11/h3-4H,2,5-6,12H2,1H3,(H,13,14,15). The Kier molecular flexibility index (Phi) is 1.91. The largest absolute Gasteiger partial charge is 0.481 e. The van der Waals surface area contributed by atoms with Crippen molar-refractivity contribution < 1.29 is 4.74 Å². The lowest BCUT2D eigenvalue weighted by Crippen LogP contribution is -2.44. The van der Waals surface area contributed by atoms with E-state index in [0.29, 0.717) is 11.5 Å². The molecule has 2 heterocycles. The molecule has 1 saturated carbocycles. The highest BCUT2D eigenvalue weighted by Crippen LogP contribution is 2.37. The number of nitrogens with zero attached hydrogens (tertiary/aromatic N) is 2. The smallest absolute Gasteiger partial charge is 0.215 e. The van der Waals surface area contributed by atoms with Crippen LogP contribution in [0.15, 0.2) is 12.1 Å². The number of fused-ring (bicyclic) bond motifs is 1. The molecule has 3 rings (SSSR count). The highest BCUT2D eigenvalue weighted by molar-refractivity contribution is 5.71. The van der Waals surface area contributed by atoms with Crippen molar-refractivity contribution >= 4 is 11.2 Å². The van der Waals surface area contributed by atoms with Gasteiger partial charge in [0.1, 0.15) is 5.82 Å². The van der Waals surface area contributed by atoms with Crippen LogP contribution in [0.1, 0.15) is 25.1 Å². The Labute approximate surface area is 93.0 Å². The van der Waals surface area contributed by atoms with Crippen molar-refractivity contribution in [1.29, 1.82) is 0 Å². The molecule has 5 nitrogen and oxygen atoms in total. The van der Waals surface area contributed by atoms with E-state index in [9.17, 15) is 0 Å². The van der Waals surface area contributed by atoms with Gasteiger partial charge in [0.2, 0.25) is 5.88 Å². The van der Waals surface area contributed by atoms with Gasteiger partial charge in [-0.05, 0) is 25.3 Å². The summed E-state index contributed by atoms with van der Waals surface area (Å²) in [4.78, 5) is 11.9. The highest BCUT2D eigenvalue weighted by Gasteiger charge is 2.37. The lowest BCUT2D eigenvalue weighted by atomic mass is 9.77. The number of ether oxygens (including phenoxy) is 1. The van der Waals surface area contributed by atoms with Crippen LogP contribution in [0.4, 0.5) is 0 Å². The molecule has 0 saturated heterocycles. The highest BCUT2D eigenvalue weighted by atomic mass is 16.5. The third-order valence-corrected chi connectivity index (χ3v) is 3.25. The summed E-state index contributed by atoms with van der Waals surface area (Å²) in [5.74, 6) is 1.42. The molecule has 0 bridgehead atoms. The number of nitrogens with one attached hydrogen (secondary N) is 1. The third-order valence-electron chi connectivity index (χ3n) is 3.25. The van der Waals surface area contributed by atoms with E-state index in [-0.39, 0.29) is 5.54 Å². The Morgan fingerprint density at radius 3 is 2.81 bits per heavy atom. The molecule has 5 heteroatoms. The first-order valence-corrected chi connectivity index (χ1v) is 5.41. The normalized spacial score (nSPS) is 18.4. The van der Waals surface area contributed by atoms with Gasteiger partial charge in [-0.2, -0.15) is 4.98 Å². The molecule has 84 valence electrons. The minimum absolute atomic E-state index is 0.270. The van der Waals surface area contributed by atoms with E-state index in [1.165, 1.54) is 6.42 Å². The second-order valence-electron chi connectivity index (χ2n) is 4.32. The number of hydrogen-bond acceptors (Lipinski definition) is 4. The zero-order chi connectivity index (χ0) is 11.2. The first kappa shape index (κ1) is 9.59. The van der Waals surface area contributed by atoms with Gasteiger partial charge in [-0.25, -0.2) is 4.98 Å². The second kappa shape index (κ2) is 3.18. The summed E-state index contributed by atoms with van der Waals surface area (Å²) in [6.45, 7) is 0. The molecule has 1 fully saturated rings. The van der Waals surface area contributed by atoms with E-state index in [0.717, 1.165) is 24.2 Å². The zero-order valence-corrected chi connectivity index (χ0v) is 9.16. The maximum absolute atomic E-state index is 6.21. The van der Waals surface area contributed by atoms with Crippen LogP contribution in [0, 0.1) is 0 Å². The molecule has 16 heavy (non-hydrogen) atoms. The van der Waals surface area contributed by atoms with Crippen LogP contribution in [-0.2, 0) is 5.54 Å². The number of nitrogens with two attached hydrogens (primary N) is 1. The number of pyridine rings is 1. The Morgan fingerprint density at radius 2 is 2.19 bits per heavy atom. The van der Waals surface area contributed by atoms with Gasteiger partial charge in [0.25, 0.3) is 0 Å². The van der Waals surface area contributed by atoms with E-state index in [4.69, 9.17) is 10.5 Å². The fraction of sp³-hybridized carbons (Fsp3) is 0.455. The molecule has 2 aromatic rings. The lowest BCUT2D eigenvalue weighted by Gasteiger charge is -2.35. The van der Waals surface area contributed by atoms with Gasteiger partial charge in [-0.15, -0.1) is 0 Å². The quantitative estimate of drug-likeness (QED) is 0.796. The molecule has 0 aromatic carbocycles. The van der Waals surface area contributed by atoms with Crippen LogP contribution in [0.3, 0.4) is 0 Å². The Bertz CT molecular complexity index is 530. The minimum atomic E-state index is -0.270. The summed E-state index contributed by atoms with van der Waals surface area (Å²) in [6.07, 6.45) is 3.15. The average Bonchev–Trinajstić information content (AvgIpc) is 2.68. The predicted octanol–water partition coefficient (Wildman–Crippen LogP) is 1.30. The van der Waals surface area contributed by atoms with Crippen molar-refractivity contribution in [3.05, 3.63) is 18.0 Å². The summed E-state index contributed by atoms with van der Waals surface area (Å²) in [6, 6.07) is 3.73. The molecular formula is C11H14N4O. The first-order chi connectivity index (χ1) is 7.71. The topological polar surface area (TPSA) is 76.8 Å². The Hall–Kier alpha value is -1.62. The molecule has 0 radical (unpaired) electrons. The number of rotatable bonds is 2. The SMILES string of the molecule is COc1ccc2[nH]c(C3(N)CCC3)nc2n1. The molecule has 0 spiro atoms. The number of aromatic nitrogens is 3. The van der Waals surface area contributed by atoms with Crippen molar-refractivity contribution in [2.45, 2.75) is 24.8 Å². The van der Waals surface area contributed by atoms with Gasteiger partial charge in [-0.1, -0.05) is 0 Å². The van der Waals surface area contributed by atoms with Crippen LogP contribution in [0.25, 0.3) is 11.2 Å². The van der Waals surface area contributed by atoms with E-state index in [1.807, 2.05) is 12.1 Å². The summed E-state index contributed by atoms with van der Waals surface area (Å²) >= 11 is 0. The van der Waals surface area contributed by atoms with Crippen LogP contribution < -0.4 is 10.5 Å². The molecule has 2 aromatic heterocycles. The first-order valence-electron chi connectivity index (χ1n) is 5.41. The summed E-state index contributed by atoms with van der Waals surface area (Å²) < 4.78 is 5.06. The van der Waals surface area contributed by atoms with E-state index >= 15 is 0 Å².